The van der Waals surface area contributed by atoms with Crippen molar-refractivity contribution in [2.75, 3.05) is 0 Å². The van der Waals surface area contributed by atoms with Crippen molar-refractivity contribution in [2.45, 2.75) is 106 Å². The van der Waals surface area contributed by atoms with Crippen LogP contribution in [0.1, 0.15) is 102 Å². The first-order valence-electron chi connectivity index (χ1n) is 18.3. The molecule has 0 N–H and O–H groups in total. The number of benzene rings is 2. The molecule has 6 nitrogen and oxygen atoms in total. The van der Waals surface area contributed by atoms with Crippen molar-refractivity contribution in [1.82, 2.24) is 24.5 Å². The Hall–Kier alpha value is -3.97. The Morgan fingerprint density at radius 1 is 0.808 bits per heavy atom. The van der Waals surface area contributed by atoms with E-state index >= 15 is 0 Å². The molecule has 0 unspecified atom stereocenters. The van der Waals surface area contributed by atoms with Gasteiger partial charge in [-0.15, -0.1) is 53.6 Å². The fraction of sp³-hybridized carbons (Fsp3) is 0.364. The first-order chi connectivity index (χ1) is 24.2. The molecule has 52 heavy (non-hydrogen) atoms. The van der Waals surface area contributed by atoms with Crippen LogP contribution in [0.2, 0.25) is 19.6 Å². The van der Waals surface area contributed by atoms with E-state index in [2.05, 4.69) is 132 Å². The summed E-state index contributed by atoms with van der Waals surface area (Å²) in [6.07, 6.45) is 3.95. The molecule has 0 bridgehead atoms. The van der Waals surface area contributed by atoms with Crippen LogP contribution >= 0.6 is 0 Å². The van der Waals surface area contributed by atoms with E-state index in [-0.39, 0.29) is 26.1 Å². The molecule has 5 heterocycles. The Balaban J connectivity index is 0.000000225. The summed E-state index contributed by atoms with van der Waals surface area (Å²) < 4.78 is 8.69. The number of imidazole rings is 1. The SMILES string of the molecule is CC(C)c1cc(-c2[c-]cccc2)ncc1[Si](C)(C)C.Cc1ccc2c(n1)oc1c(-c3nc4ccnc(C(C)C)c4n3C(C)C)[c-]cc(C(C)C)c12.[Ir]. The van der Waals surface area contributed by atoms with Crippen molar-refractivity contribution >= 4 is 46.4 Å². The van der Waals surface area contributed by atoms with Gasteiger partial charge in [0.1, 0.15) is 0 Å². The summed E-state index contributed by atoms with van der Waals surface area (Å²) in [5.74, 6) is 2.03. The molecule has 0 saturated carbocycles. The average Bonchev–Trinajstić information content (AvgIpc) is 3.66. The third kappa shape index (κ3) is 7.57. The molecule has 0 aliphatic heterocycles. The fourth-order valence-electron chi connectivity index (χ4n) is 6.89. The third-order valence-corrected chi connectivity index (χ3v) is 11.5. The van der Waals surface area contributed by atoms with E-state index in [1.54, 1.807) is 0 Å². The van der Waals surface area contributed by atoms with E-state index in [9.17, 15) is 0 Å². The third-order valence-electron chi connectivity index (χ3n) is 9.47. The Labute approximate surface area is 323 Å². The Morgan fingerprint density at radius 2 is 1.54 bits per heavy atom. The van der Waals surface area contributed by atoms with Crippen molar-refractivity contribution in [3.05, 3.63) is 102 Å². The van der Waals surface area contributed by atoms with E-state index < -0.39 is 8.07 Å². The van der Waals surface area contributed by atoms with Gasteiger partial charge < -0.3 is 14.0 Å². The van der Waals surface area contributed by atoms with Crippen LogP contribution in [0.3, 0.4) is 0 Å². The van der Waals surface area contributed by atoms with Gasteiger partial charge in [-0.25, -0.2) is 4.98 Å². The van der Waals surface area contributed by atoms with Gasteiger partial charge in [0.2, 0.25) is 5.71 Å². The topological polar surface area (TPSA) is 69.6 Å². The molecule has 0 amide bonds. The molecular weight excluding hydrogens is 835 g/mol. The average molecular weight is 886 g/mol. The molecule has 7 aromatic rings. The molecule has 1 radical (unpaired) electrons. The van der Waals surface area contributed by atoms with Gasteiger partial charge in [0.05, 0.1) is 36.2 Å². The Bertz CT molecular complexity index is 2330. The summed E-state index contributed by atoms with van der Waals surface area (Å²) in [6.45, 7) is 26.8. The smallest absolute Gasteiger partial charge is 0.216 e. The van der Waals surface area contributed by atoms with Crippen molar-refractivity contribution in [1.29, 1.82) is 0 Å². The predicted octanol–water partition coefficient (Wildman–Crippen LogP) is 11.5. The number of pyridine rings is 3. The standard InChI is InChI=1S/C27H29N4O.C17H22NSi.Ir/c1-14(2)18-10-11-20(25-22(18)19-9-8-17(7)29-27(19)32-25)26-30-21-12-13-28-23(15(3)4)24(21)31(26)16(5)6;1-13(2)15-11-16(14-9-7-6-8-10-14)18-12-17(15)19(3,4)5;/h8-10,12-16H,1-7H3;6-9,11-13H,1-5H3;/q2*-1;. The summed E-state index contributed by atoms with van der Waals surface area (Å²) in [6, 6.07) is 25.5. The maximum atomic E-state index is 6.41. The van der Waals surface area contributed by atoms with Crippen molar-refractivity contribution in [3.8, 4) is 22.6 Å². The molecular formula is C44H51IrN5OSi-2. The van der Waals surface area contributed by atoms with E-state index in [0.29, 0.717) is 23.5 Å². The minimum Gasteiger partial charge on any atom is -0.486 e. The molecule has 273 valence electrons. The molecule has 8 heteroatoms. The van der Waals surface area contributed by atoms with Gasteiger partial charge in [0, 0.05) is 49.6 Å². The Morgan fingerprint density at radius 3 is 2.15 bits per heavy atom. The number of furan rings is 1. The zero-order valence-corrected chi connectivity index (χ0v) is 36.0. The number of fused-ring (bicyclic) bond motifs is 4. The summed E-state index contributed by atoms with van der Waals surface area (Å²) >= 11 is 0. The monoisotopic (exact) mass is 886 g/mol. The second-order valence-corrected chi connectivity index (χ2v) is 20.9. The van der Waals surface area contributed by atoms with Gasteiger partial charge in [-0.05, 0) is 61.7 Å². The van der Waals surface area contributed by atoms with Gasteiger partial charge in [0.25, 0.3) is 0 Å². The van der Waals surface area contributed by atoms with E-state index in [1.807, 2.05) is 43.5 Å². The largest absolute Gasteiger partial charge is 0.486 e. The van der Waals surface area contributed by atoms with Crippen LogP contribution in [0.5, 0.6) is 0 Å². The first-order valence-corrected chi connectivity index (χ1v) is 21.8. The van der Waals surface area contributed by atoms with Crippen LogP contribution in [-0.4, -0.2) is 32.6 Å². The number of aromatic nitrogens is 5. The zero-order valence-electron chi connectivity index (χ0n) is 32.6. The zero-order chi connectivity index (χ0) is 36.8. The summed E-state index contributed by atoms with van der Waals surface area (Å²) in [5, 5.41) is 3.63. The molecule has 0 spiro atoms. The molecule has 0 aliphatic carbocycles. The maximum absolute atomic E-state index is 6.41. The van der Waals surface area contributed by atoms with Crippen LogP contribution in [0.4, 0.5) is 0 Å². The first kappa shape index (κ1) is 39.2. The summed E-state index contributed by atoms with van der Waals surface area (Å²) in [7, 11) is -1.34. The van der Waals surface area contributed by atoms with E-state index in [4.69, 9.17) is 14.4 Å². The molecule has 5 aromatic heterocycles. The van der Waals surface area contributed by atoms with Crippen LogP contribution in [0.15, 0.2) is 71.4 Å². The van der Waals surface area contributed by atoms with E-state index in [0.717, 1.165) is 61.4 Å². The van der Waals surface area contributed by atoms with Gasteiger partial charge in [0.15, 0.2) is 0 Å². The quantitative estimate of drug-likeness (QED) is 0.118. The molecule has 0 atom stereocenters. The van der Waals surface area contributed by atoms with Crippen molar-refractivity contribution < 1.29 is 24.5 Å². The summed E-state index contributed by atoms with van der Waals surface area (Å²) in [4.78, 5) is 19.1. The molecule has 7 rings (SSSR count). The molecule has 0 fully saturated rings. The normalized spacial score (nSPS) is 12.0. The number of hydrogen-bond donors (Lipinski definition) is 0. The van der Waals surface area contributed by atoms with Gasteiger partial charge in [-0.3, -0.25) is 9.97 Å². The van der Waals surface area contributed by atoms with Gasteiger partial charge in [-0.2, -0.15) is 0 Å². The minimum atomic E-state index is -1.34. The van der Waals surface area contributed by atoms with Crippen LogP contribution in [0.25, 0.3) is 55.7 Å². The molecule has 0 aliphatic rings. The van der Waals surface area contributed by atoms with Crippen molar-refractivity contribution in [2.24, 2.45) is 0 Å². The number of rotatable bonds is 7. The van der Waals surface area contributed by atoms with Crippen LogP contribution < -0.4 is 5.19 Å². The number of aryl methyl sites for hydroxylation is 1. The fourth-order valence-corrected chi connectivity index (χ4v) is 8.57. The predicted molar refractivity (Wildman–Crippen MR) is 216 cm³/mol. The van der Waals surface area contributed by atoms with Crippen molar-refractivity contribution in [3.63, 3.8) is 0 Å². The Kier molecular flexibility index (Phi) is 11.7. The van der Waals surface area contributed by atoms with Crippen LogP contribution in [-0.2, 0) is 20.1 Å². The minimum absolute atomic E-state index is 0. The van der Waals surface area contributed by atoms with Gasteiger partial charge >= 0.3 is 0 Å². The van der Waals surface area contributed by atoms with E-state index in [1.165, 1.54) is 16.3 Å². The number of nitrogens with zero attached hydrogens (tertiary/aromatic N) is 5. The second-order valence-electron chi connectivity index (χ2n) is 15.8. The maximum Gasteiger partial charge on any atom is 0.216 e. The molecule has 2 aromatic carbocycles. The second kappa shape index (κ2) is 15.6. The van der Waals surface area contributed by atoms with Crippen LogP contribution in [0, 0.1) is 19.1 Å². The number of hydrogen-bond acceptors (Lipinski definition) is 5. The summed E-state index contributed by atoms with van der Waals surface area (Å²) in [5.41, 5.74) is 11.2. The van der Waals surface area contributed by atoms with Gasteiger partial charge in [-0.1, -0.05) is 89.7 Å². The molecule has 0 saturated heterocycles.